The molecule has 1 unspecified atom stereocenters. The van der Waals surface area contributed by atoms with Crippen LogP contribution >= 0.6 is 15.9 Å². The van der Waals surface area contributed by atoms with E-state index in [4.69, 9.17) is 4.74 Å². The molecule has 0 aromatic carbocycles. The number of halogens is 1. The zero-order valence-corrected chi connectivity index (χ0v) is 13.7. The first-order chi connectivity index (χ1) is 8.87. The number of ether oxygens (including phenoxy) is 1. The summed E-state index contributed by atoms with van der Waals surface area (Å²) in [6.45, 7) is 1.13. The molecule has 2 saturated heterocycles. The first kappa shape index (κ1) is 15.7. The van der Waals surface area contributed by atoms with E-state index >= 15 is 0 Å². The molecular weight excluding hydrogens is 358 g/mol. The SMILES string of the molecule is O=S1(=O)CCC(S(=O)(=O)N2CCOCC2CBr)CC1. The first-order valence-corrected chi connectivity index (χ1v) is 10.7. The summed E-state index contributed by atoms with van der Waals surface area (Å²) in [5, 5.41) is -0.0484. The Morgan fingerprint density at radius 1 is 1.26 bits per heavy atom. The Morgan fingerprint density at radius 2 is 1.89 bits per heavy atom. The molecule has 0 bridgehead atoms. The van der Waals surface area contributed by atoms with E-state index in [1.54, 1.807) is 0 Å². The predicted octanol–water partition coefficient (Wildman–Crippen LogP) is -0.0109. The molecule has 0 aromatic rings. The summed E-state index contributed by atoms with van der Waals surface area (Å²) < 4.78 is 54.7. The average Bonchev–Trinajstić information content (AvgIpc) is 2.38. The first-order valence-electron chi connectivity index (χ1n) is 6.21. The van der Waals surface area contributed by atoms with Crippen LogP contribution in [0.5, 0.6) is 0 Å². The Bertz CT molecular complexity index is 504. The number of sulfonamides is 1. The third-order valence-electron chi connectivity index (χ3n) is 3.60. The Labute approximate surface area is 122 Å². The van der Waals surface area contributed by atoms with Crippen molar-refractivity contribution in [3.05, 3.63) is 0 Å². The number of sulfone groups is 1. The molecule has 19 heavy (non-hydrogen) atoms. The second-order valence-electron chi connectivity index (χ2n) is 4.89. The minimum absolute atomic E-state index is 0.0276. The summed E-state index contributed by atoms with van der Waals surface area (Å²) in [5.74, 6) is -0.0551. The zero-order valence-electron chi connectivity index (χ0n) is 10.5. The van der Waals surface area contributed by atoms with Crippen molar-refractivity contribution >= 4 is 35.8 Å². The molecule has 0 radical (unpaired) electrons. The van der Waals surface area contributed by atoms with Gasteiger partial charge in [-0.05, 0) is 12.8 Å². The second-order valence-corrected chi connectivity index (χ2v) is 10.0. The molecule has 1 atom stereocenters. The van der Waals surface area contributed by atoms with E-state index in [9.17, 15) is 16.8 Å². The van der Waals surface area contributed by atoms with Gasteiger partial charge in [-0.15, -0.1) is 0 Å². The zero-order chi connectivity index (χ0) is 14.1. The van der Waals surface area contributed by atoms with Gasteiger partial charge in [0.1, 0.15) is 9.84 Å². The van der Waals surface area contributed by atoms with E-state index in [1.165, 1.54) is 4.31 Å². The minimum atomic E-state index is -3.44. The van der Waals surface area contributed by atoms with Crippen molar-refractivity contribution in [2.24, 2.45) is 0 Å². The molecule has 0 N–H and O–H groups in total. The molecule has 2 heterocycles. The molecule has 2 rings (SSSR count). The highest BCUT2D eigenvalue weighted by Gasteiger charge is 2.40. The van der Waals surface area contributed by atoms with Crippen molar-refractivity contribution < 1.29 is 21.6 Å². The van der Waals surface area contributed by atoms with E-state index in [0.29, 0.717) is 25.1 Å². The summed E-state index contributed by atoms with van der Waals surface area (Å²) in [6, 6.07) is -0.197. The lowest BCUT2D eigenvalue weighted by Crippen LogP contribution is -2.53. The van der Waals surface area contributed by atoms with Gasteiger partial charge in [0.2, 0.25) is 10.0 Å². The summed E-state index contributed by atoms with van der Waals surface area (Å²) in [4.78, 5) is 0. The van der Waals surface area contributed by atoms with Gasteiger partial charge in [0.25, 0.3) is 0 Å². The average molecular weight is 376 g/mol. The molecule has 9 heteroatoms. The van der Waals surface area contributed by atoms with Crippen LogP contribution in [0.3, 0.4) is 0 Å². The number of rotatable bonds is 3. The summed E-state index contributed by atoms with van der Waals surface area (Å²) >= 11 is 3.30. The van der Waals surface area contributed by atoms with Crippen LogP contribution in [-0.2, 0) is 24.6 Å². The highest BCUT2D eigenvalue weighted by Crippen LogP contribution is 2.25. The monoisotopic (exact) mass is 375 g/mol. The lowest BCUT2D eigenvalue weighted by atomic mass is 10.2. The Morgan fingerprint density at radius 3 is 2.47 bits per heavy atom. The second kappa shape index (κ2) is 5.97. The normalized spacial score (nSPS) is 30.3. The molecular formula is C10H18BrNO5S2. The van der Waals surface area contributed by atoms with E-state index in [2.05, 4.69) is 15.9 Å². The number of hydrogen-bond acceptors (Lipinski definition) is 5. The number of nitrogens with zero attached hydrogens (tertiary/aromatic N) is 1. The van der Waals surface area contributed by atoms with Gasteiger partial charge in [-0.2, -0.15) is 4.31 Å². The maximum atomic E-state index is 12.6. The van der Waals surface area contributed by atoms with Gasteiger partial charge in [-0.25, -0.2) is 16.8 Å². The summed E-state index contributed by atoms with van der Waals surface area (Å²) in [6.07, 6.45) is 0.411. The summed E-state index contributed by atoms with van der Waals surface area (Å²) in [5.41, 5.74) is 0. The molecule has 0 aliphatic carbocycles. The van der Waals surface area contributed by atoms with Crippen LogP contribution in [0.1, 0.15) is 12.8 Å². The topological polar surface area (TPSA) is 80.8 Å². The van der Waals surface area contributed by atoms with Crippen LogP contribution in [0.2, 0.25) is 0 Å². The van der Waals surface area contributed by atoms with Crippen LogP contribution < -0.4 is 0 Å². The fraction of sp³-hybridized carbons (Fsp3) is 1.00. The maximum Gasteiger partial charge on any atom is 0.217 e. The van der Waals surface area contributed by atoms with Crippen LogP contribution in [0.15, 0.2) is 0 Å². The van der Waals surface area contributed by atoms with E-state index in [-0.39, 0.29) is 30.4 Å². The lowest BCUT2D eigenvalue weighted by molar-refractivity contribution is 0.0408. The molecule has 2 aliphatic rings. The van der Waals surface area contributed by atoms with Gasteiger partial charge in [0.15, 0.2) is 0 Å². The van der Waals surface area contributed by atoms with Crippen molar-refractivity contribution in [2.75, 3.05) is 36.6 Å². The third-order valence-corrected chi connectivity index (χ3v) is 8.51. The van der Waals surface area contributed by atoms with Crippen LogP contribution in [0.4, 0.5) is 0 Å². The van der Waals surface area contributed by atoms with E-state index < -0.39 is 25.1 Å². The molecule has 112 valence electrons. The molecule has 2 aliphatic heterocycles. The maximum absolute atomic E-state index is 12.6. The van der Waals surface area contributed by atoms with Gasteiger partial charge in [0.05, 0.1) is 36.0 Å². The highest BCUT2D eigenvalue weighted by atomic mass is 79.9. The van der Waals surface area contributed by atoms with Gasteiger partial charge in [0, 0.05) is 11.9 Å². The summed E-state index contributed by atoms with van der Waals surface area (Å²) in [7, 11) is -6.48. The number of hydrogen-bond donors (Lipinski definition) is 0. The van der Waals surface area contributed by atoms with Crippen LogP contribution in [0, 0.1) is 0 Å². The highest BCUT2D eigenvalue weighted by molar-refractivity contribution is 9.09. The Kier molecular flexibility index (Phi) is 4.92. The molecule has 0 aromatic heterocycles. The van der Waals surface area contributed by atoms with Crippen LogP contribution in [-0.4, -0.2) is 69.0 Å². The van der Waals surface area contributed by atoms with Crippen molar-refractivity contribution in [1.29, 1.82) is 0 Å². The molecule has 6 nitrogen and oxygen atoms in total. The number of alkyl halides is 1. The van der Waals surface area contributed by atoms with Gasteiger partial charge in [-0.1, -0.05) is 15.9 Å². The van der Waals surface area contributed by atoms with E-state index in [0.717, 1.165) is 0 Å². The minimum Gasteiger partial charge on any atom is -0.378 e. The molecule has 2 fully saturated rings. The van der Waals surface area contributed by atoms with Crippen molar-refractivity contribution in [1.82, 2.24) is 4.31 Å². The standard InChI is InChI=1S/C10H18BrNO5S2/c11-7-9-8-17-4-3-12(9)19(15,16)10-1-5-18(13,14)6-2-10/h9-10H,1-8H2. The molecule has 0 saturated carbocycles. The Balaban J connectivity index is 2.13. The van der Waals surface area contributed by atoms with Crippen molar-refractivity contribution in [3.8, 4) is 0 Å². The van der Waals surface area contributed by atoms with Gasteiger partial charge in [-0.3, -0.25) is 0 Å². The van der Waals surface area contributed by atoms with Gasteiger partial charge < -0.3 is 4.74 Å². The molecule has 0 spiro atoms. The predicted molar refractivity (Wildman–Crippen MR) is 75.7 cm³/mol. The van der Waals surface area contributed by atoms with E-state index in [1.807, 2.05) is 0 Å². The Hall–Kier alpha value is 0.300. The van der Waals surface area contributed by atoms with Gasteiger partial charge >= 0.3 is 0 Å². The fourth-order valence-electron chi connectivity index (χ4n) is 2.45. The molecule has 0 amide bonds. The van der Waals surface area contributed by atoms with Crippen molar-refractivity contribution in [2.45, 2.75) is 24.1 Å². The van der Waals surface area contributed by atoms with Crippen LogP contribution in [0.25, 0.3) is 0 Å². The third kappa shape index (κ3) is 3.49. The smallest absolute Gasteiger partial charge is 0.217 e. The lowest BCUT2D eigenvalue weighted by Gasteiger charge is -2.36. The number of morpholine rings is 1. The quantitative estimate of drug-likeness (QED) is 0.648. The van der Waals surface area contributed by atoms with Crippen molar-refractivity contribution in [3.63, 3.8) is 0 Å². The largest absolute Gasteiger partial charge is 0.378 e. The fourth-order valence-corrected chi connectivity index (χ4v) is 7.07.